The standard InChI is InChI=1S/C17H14N8.C2HF3O2/c18-15-7-6-12(8-19-15)9-22-24-16-14-10-23-25(17(14)21-11-20-16)13-4-2-1-3-5-13;3-2(4,5)1(6)7/h1-11H,(H2,18,19)(H,20,21,24);(H,6,7)/b22-9+;. The zero-order valence-electron chi connectivity index (χ0n) is 16.1. The van der Waals surface area contributed by atoms with Crippen LogP contribution in [0.2, 0.25) is 0 Å². The number of anilines is 2. The van der Waals surface area contributed by atoms with Gasteiger partial charge < -0.3 is 10.8 Å². The van der Waals surface area contributed by atoms with E-state index in [4.69, 9.17) is 15.6 Å². The number of fused-ring (bicyclic) bond motifs is 1. The molecule has 4 aromatic rings. The highest BCUT2D eigenvalue weighted by molar-refractivity contribution is 5.88. The van der Waals surface area contributed by atoms with Crippen molar-refractivity contribution in [3.05, 3.63) is 66.7 Å². The molecule has 0 aliphatic heterocycles. The Morgan fingerprint density at radius 3 is 2.44 bits per heavy atom. The number of hydrogen-bond donors (Lipinski definition) is 3. The zero-order valence-corrected chi connectivity index (χ0v) is 16.1. The maximum Gasteiger partial charge on any atom is 0.490 e. The van der Waals surface area contributed by atoms with Gasteiger partial charge >= 0.3 is 12.1 Å². The summed E-state index contributed by atoms with van der Waals surface area (Å²) in [5.74, 6) is -1.71. The Labute approximate surface area is 178 Å². The number of aliphatic carboxylic acids is 1. The SMILES string of the molecule is Nc1ccc(/C=N/Nc2ncnc3c2cnn3-c2ccccc2)cn1.O=C(O)C(F)(F)F. The Hall–Kier alpha value is -4.55. The van der Waals surface area contributed by atoms with Crippen molar-refractivity contribution in [2.24, 2.45) is 5.10 Å². The van der Waals surface area contributed by atoms with Crippen molar-refractivity contribution in [2.45, 2.75) is 6.18 Å². The minimum atomic E-state index is -5.08. The lowest BCUT2D eigenvalue weighted by Gasteiger charge is -2.03. The van der Waals surface area contributed by atoms with Crippen molar-refractivity contribution in [3.63, 3.8) is 0 Å². The van der Waals surface area contributed by atoms with Gasteiger partial charge in [0.15, 0.2) is 11.5 Å². The second-order valence-electron chi connectivity index (χ2n) is 6.04. The number of aromatic nitrogens is 5. The molecule has 4 rings (SSSR count). The summed E-state index contributed by atoms with van der Waals surface area (Å²) in [7, 11) is 0. The van der Waals surface area contributed by atoms with Gasteiger partial charge in [0.2, 0.25) is 0 Å². The molecule has 0 radical (unpaired) electrons. The summed E-state index contributed by atoms with van der Waals surface area (Å²) < 4.78 is 33.5. The van der Waals surface area contributed by atoms with Gasteiger partial charge in [0.1, 0.15) is 12.1 Å². The number of nitrogen functional groups attached to an aromatic ring is 1. The number of rotatable bonds is 4. The van der Waals surface area contributed by atoms with Crippen LogP contribution in [0.5, 0.6) is 0 Å². The number of hydrogen-bond acceptors (Lipinski definition) is 8. The molecule has 0 saturated heterocycles. The van der Waals surface area contributed by atoms with Crippen LogP contribution in [-0.4, -0.2) is 48.2 Å². The summed E-state index contributed by atoms with van der Waals surface area (Å²) in [4.78, 5) is 21.5. The van der Waals surface area contributed by atoms with Gasteiger partial charge in [0, 0.05) is 11.8 Å². The summed E-state index contributed by atoms with van der Waals surface area (Å²) in [5.41, 5.74) is 10.9. The maximum atomic E-state index is 10.6. The van der Waals surface area contributed by atoms with E-state index < -0.39 is 12.1 Å². The molecule has 1 aromatic carbocycles. The third-order valence-corrected chi connectivity index (χ3v) is 3.80. The van der Waals surface area contributed by atoms with E-state index >= 15 is 0 Å². The van der Waals surface area contributed by atoms with Crippen LogP contribution in [0.3, 0.4) is 0 Å². The van der Waals surface area contributed by atoms with Gasteiger partial charge in [-0.3, -0.25) is 5.43 Å². The van der Waals surface area contributed by atoms with E-state index in [0.29, 0.717) is 17.3 Å². The van der Waals surface area contributed by atoms with Crippen molar-refractivity contribution < 1.29 is 23.1 Å². The van der Waals surface area contributed by atoms with Gasteiger partial charge in [0.25, 0.3) is 0 Å². The summed E-state index contributed by atoms with van der Waals surface area (Å²) in [6.45, 7) is 0. The normalized spacial score (nSPS) is 11.2. The van der Waals surface area contributed by atoms with Crippen LogP contribution in [0.1, 0.15) is 5.56 Å². The molecule has 13 heteroatoms. The number of nitrogens with zero attached hydrogens (tertiary/aromatic N) is 6. The molecule has 0 saturated carbocycles. The van der Waals surface area contributed by atoms with Crippen LogP contribution in [0.4, 0.5) is 24.8 Å². The molecule has 32 heavy (non-hydrogen) atoms. The average molecular weight is 444 g/mol. The van der Waals surface area contributed by atoms with E-state index in [1.54, 1.807) is 29.4 Å². The third-order valence-electron chi connectivity index (χ3n) is 3.80. The second kappa shape index (κ2) is 9.51. The van der Waals surface area contributed by atoms with Crippen LogP contribution in [-0.2, 0) is 4.79 Å². The summed E-state index contributed by atoms with van der Waals surface area (Å²) >= 11 is 0. The maximum absolute atomic E-state index is 10.6. The van der Waals surface area contributed by atoms with Crippen LogP contribution in [0, 0.1) is 0 Å². The highest BCUT2D eigenvalue weighted by atomic mass is 19.4. The molecular weight excluding hydrogens is 429 g/mol. The Balaban J connectivity index is 0.000000360. The molecule has 0 aliphatic carbocycles. The van der Waals surface area contributed by atoms with Gasteiger partial charge in [-0.15, -0.1) is 0 Å². The molecule has 3 heterocycles. The van der Waals surface area contributed by atoms with Crippen LogP contribution < -0.4 is 11.2 Å². The monoisotopic (exact) mass is 444 g/mol. The Morgan fingerprint density at radius 2 is 1.81 bits per heavy atom. The molecule has 0 spiro atoms. The van der Waals surface area contributed by atoms with Crippen molar-refractivity contribution in [2.75, 3.05) is 11.2 Å². The van der Waals surface area contributed by atoms with E-state index in [2.05, 4.69) is 30.6 Å². The van der Waals surface area contributed by atoms with Crippen molar-refractivity contribution in [1.29, 1.82) is 0 Å². The number of carboxylic acid groups (broad SMARTS) is 1. The minimum absolute atomic E-state index is 0.468. The van der Waals surface area contributed by atoms with Crippen LogP contribution >= 0.6 is 0 Å². The first-order valence-corrected chi connectivity index (χ1v) is 8.80. The molecule has 3 aromatic heterocycles. The molecule has 0 amide bonds. The number of halogens is 3. The van der Waals surface area contributed by atoms with E-state index in [1.807, 2.05) is 36.4 Å². The Morgan fingerprint density at radius 1 is 1.09 bits per heavy atom. The fraction of sp³-hybridized carbons (Fsp3) is 0.0526. The molecule has 10 nitrogen and oxygen atoms in total. The number of hydrazone groups is 1. The summed E-state index contributed by atoms with van der Waals surface area (Å²) in [5, 5.41) is 16.5. The minimum Gasteiger partial charge on any atom is -0.475 e. The van der Waals surface area contributed by atoms with E-state index in [0.717, 1.165) is 16.6 Å². The number of carboxylic acids is 1. The highest BCUT2D eigenvalue weighted by Gasteiger charge is 2.38. The first-order valence-electron chi connectivity index (χ1n) is 8.80. The predicted octanol–water partition coefficient (Wildman–Crippen LogP) is 2.87. The highest BCUT2D eigenvalue weighted by Crippen LogP contribution is 2.21. The van der Waals surface area contributed by atoms with Crippen molar-refractivity contribution in [1.82, 2.24) is 24.7 Å². The van der Waals surface area contributed by atoms with E-state index in [-0.39, 0.29) is 0 Å². The fourth-order valence-electron chi connectivity index (χ4n) is 2.35. The van der Waals surface area contributed by atoms with Gasteiger partial charge in [-0.25, -0.2) is 24.4 Å². The summed E-state index contributed by atoms with van der Waals surface area (Å²) in [6, 6.07) is 13.3. The first-order chi connectivity index (χ1) is 15.3. The first kappa shape index (κ1) is 22.1. The second-order valence-corrected chi connectivity index (χ2v) is 6.04. The van der Waals surface area contributed by atoms with Gasteiger partial charge in [0.05, 0.1) is 23.5 Å². The Bertz CT molecular complexity index is 1230. The van der Waals surface area contributed by atoms with Crippen molar-refractivity contribution >= 4 is 34.9 Å². The van der Waals surface area contributed by atoms with Gasteiger partial charge in [-0.05, 0) is 24.3 Å². The lowest BCUT2D eigenvalue weighted by Crippen LogP contribution is -2.21. The van der Waals surface area contributed by atoms with Gasteiger partial charge in [-0.2, -0.15) is 23.4 Å². The molecule has 4 N–H and O–H groups in total. The molecule has 0 bridgehead atoms. The molecule has 0 fully saturated rings. The zero-order chi connectivity index (χ0) is 23.1. The van der Waals surface area contributed by atoms with E-state index in [1.165, 1.54) is 6.33 Å². The molecule has 0 atom stereocenters. The lowest BCUT2D eigenvalue weighted by molar-refractivity contribution is -0.192. The molecular formula is C19H15F3N8O2. The summed E-state index contributed by atoms with van der Waals surface area (Å²) in [6.07, 6.45) is 1.39. The number of nitrogens with one attached hydrogen (secondary N) is 1. The number of para-hydroxylation sites is 1. The Kier molecular flexibility index (Phi) is 6.58. The number of pyridine rings is 1. The largest absolute Gasteiger partial charge is 0.490 e. The quantitative estimate of drug-likeness (QED) is 0.322. The number of nitrogens with two attached hydrogens (primary N) is 1. The number of benzene rings is 1. The predicted molar refractivity (Wildman–Crippen MR) is 110 cm³/mol. The molecule has 0 unspecified atom stereocenters. The van der Waals surface area contributed by atoms with Crippen molar-refractivity contribution in [3.8, 4) is 5.69 Å². The molecule has 0 aliphatic rings. The third kappa shape index (κ3) is 5.53. The van der Waals surface area contributed by atoms with E-state index in [9.17, 15) is 13.2 Å². The number of carbonyl (C=O) groups is 1. The average Bonchev–Trinajstić information content (AvgIpc) is 3.21. The van der Waals surface area contributed by atoms with Crippen LogP contribution in [0.15, 0.2) is 66.3 Å². The van der Waals surface area contributed by atoms with Gasteiger partial charge in [-0.1, -0.05) is 18.2 Å². The molecule has 164 valence electrons. The number of alkyl halides is 3. The lowest BCUT2D eigenvalue weighted by atomic mass is 10.3. The fourth-order valence-corrected chi connectivity index (χ4v) is 2.35. The van der Waals surface area contributed by atoms with Crippen LogP contribution in [0.25, 0.3) is 16.7 Å². The topological polar surface area (TPSA) is 144 Å². The smallest absolute Gasteiger partial charge is 0.475 e.